The molecule has 2 amide bonds. The van der Waals surface area contributed by atoms with Crippen LogP contribution < -0.4 is 10.6 Å². The number of rotatable bonds is 5. The SMILES string of the molecule is CCCNC(=O)C(NC(=O)OC(C)(C)C)c1ccccc1. The second-order valence-corrected chi connectivity index (χ2v) is 5.78. The number of alkyl carbamates (subject to hydrolysis) is 1. The number of hydrogen-bond acceptors (Lipinski definition) is 3. The quantitative estimate of drug-likeness (QED) is 0.877. The first-order valence-corrected chi connectivity index (χ1v) is 7.15. The molecule has 0 aliphatic carbocycles. The van der Waals surface area contributed by atoms with Crippen molar-refractivity contribution in [1.29, 1.82) is 0 Å². The Morgan fingerprint density at radius 2 is 1.81 bits per heavy atom. The summed E-state index contributed by atoms with van der Waals surface area (Å²) in [4.78, 5) is 24.1. The second-order valence-electron chi connectivity index (χ2n) is 5.78. The minimum Gasteiger partial charge on any atom is -0.444 e. The molecule has 2 N–H and O–H groups in total. The van der Waals surface area contributed by atoms with Crippen LogP contribution in [-0.4, -0.2) is 24.1 Å². The molecule has 5 nitrogen and oxygen atoms in total. The minimum atomic E-state index is -0.757. The van der Waals surface area contributed by atoms with Crippen LogP contribution in [-0.2, 0) is 9.53 Å². The zero-order valence-corrected chi connectivity index (χ0v) is 13.1. The zero-order valence-electron chi connectivity index (χ0n) is 13.1. The first kappa shape index (κ1) is 17.0. The van der Waals surface area contributed by atoms with E-state index in [1.54, 1.807) is 32.9 Å². The van der Waals surface area contributed by atoms with E-state index in [0.29, 0.717) is 6.54 Å². The first-order valence-electron chi connectivity index (χ1n) is 7.15. The highest BCUT2D eigenvalue weighted by Gasteiger charge is 2.25. The summed E-state index contributed by atoms with van der Waals surface area (Å²) >= 11 is 0. The molecule has 0 saturated heterocycles. The van der Waals surface area contributed by atoms with Crippen molar-refractivity contribution in [2.24, 2.45) is 0 Å². The molecule has 21 heavy (non-hydrogen) atoms. The first-order chi connectivity index (χ1) is 9.83. The Balaban J connectivity index is 2.82. The second kappa shape index (κ2) is 7.67. The van der Waals surface area contributed by atoms with Crippen LogP contribution >= 0.6 is 0 Å². The smallest absolute Gasteiger partial charge is 0.408 e. The van der Waals surface area contributed by atoms with E-state index in [1.165, 1.54) is 0 Å². The lowest BCUT2D eigenvalue weighted by Crippen LogP contribution is -2.42. The third-order valence-corrected chi connectivity index (χ3v) is 2.61. The Morgan fingerprint density at radius 3 is 2.33 bits per heavy atom. The van der Waals surface area contributed by atoms with Gasteiger partial charge < -0.3 is 15.4 Å². The van der Waals surface area contributed by atoms with Crippen LogP contribution in [0.15, 0.2) is 30.3 Å². The lowest BCUT2D eigenvalue weighted by Gasteiger charge is -2.23. The molecule has 0 fully saturated rings. The van der Waals surface area contributed by atoms with Crippen LogP contribution in [0, 0.1) is 0 Å². The molecule has 0 aliphatic rings. The van der Waals surface area contributed by atoms with Gasteiger partial charge in [0, 0.05) is 6.54 Å². The van der Waals surface area contributed by atoms with Gasteiger partial charge in [0.2, 0.25) is 5.91 Å². The standard InChI is InChI=1S/C16H24N2O3/c1-5-11-17-14(19)13(12-9-7-6-8-10-12)18-15(20)21-16(2,3)4/h6-10,13H,5,11H2,1-4H3,(H,17,19)(H,18,20). The molecule has 0 spiro atoms. The normalized spacial score (nSPS) is 12.4. The van der Waals surface area contributed by atoms with Crippen molar-refractivity contribution in [1.82, 2.24) is 10.6 Å². The molecule has 0 bridgehead atoms. The molecule has 1 aromatic rings. The van der Waals surface area contributed by atoms with Crippen LogP contribution in [0.25, 0.3) is 0 Å². The van der Waals surface area contributed by atoms with Crippen LogP contribution in [0.2, 0.25) is 0 Å². The van der Waals surface area contributed by atoms with Gasteiger partial charge in [-0.2, -0.15) is 0 Å². The van der Waals surface area contributed by atoms with Crippen molar-refractivity contribution >= 4 is 12.0 Å². The van der Waals surface area contributed by atoms with Gasteiger partial charge in [0.05, 0.1) is 0 Å². The summed E-state index contributed by atoms with van der Waals surface area (Å²) in [6, 6.07) is 8.35. The lowest BCUT2D eigenvalue weighted by molar-refractivity contribution is -0.123. The third-order valence-electron chi connectivity index (χ3n) is 2.61. The zero-order chi connectivity index (χ0) is 15.9. The molecule has 0 saturated carbocycles. The Labute approximate surface area is 126 Å². The minimum absolute atomic E-state index is 0.242. The van der Waals surface area contributed by atoms with E-state index in [0.717, 1.165) is 12.0 Å². The van der Waals surface area contributed by atoms with E-state index in [-0.39, 0.29) is 5.91 Å². The van der Waals surface area contributed by atoms with Gasteiger partial charge in [-0.1, -0.05) is 37.3 Å². The number of hydrogen-bond donors (Lipinski definition) is 2. The molecular weight excluding hydrogens is 268 g/mol. The van der Waals surface area contributed by atoms with Gasteiger partial charge in [-0.05, 0) is 32.8 Å². The van der Waals surface area contributed by atoms with Gasteiger partial charge in [-0.25, -0.2) is 4.79 Å². The Morgan fingerprint density at radius 1 is 1.19 bits per heavy atom. The third kappa shape index (κ3) is 6.29. The van der Waals surface area contributed by atoms with Crippen molar-refractivity contribution < 1.29 is 14.3 Å². The van der Waals surface area contributed by atoms with Crippen molar-refractivity contribution in [3.05, 3.63) is 35.9 Å². The summed E-state index contributed by atoms with van der Waals surface area (Å²) < 4.78 is 5.21. The number of benzene rings is 1. The van der Waals surface area contributed by atoms with Gasteiger partial charge >= 0.3 is 6.09 Å². The highest BCUT2D eigenvalue weighted by molar-refractivity contribution is 5.86. The molecule has 0 aromatic heterocycles. The fourth-order valence-electron chi connectivity index (χ4n) is 1.72. The maximum absolute atomic E-state index is 12.2. The summed E-state index contributed by atoms with van der Waals surface area (Å²) in [5, 5.41) is 5.42. The molecule has 1 unspecified atom stereocenters. The molecule has 0 radical (unpaired) electrons. The predicted molar refractivity (Wildman–Crippen MR) is 81.9 cm³/mol. The fourth-order valence-corrected chi connectivity index (χ4v) is 1.72. The van der Waals surface area contributed by atoms with Crippen LogP contribution in [0.4, 0.5) is 4.79 Å². The van der Waals surface area contributed by atoms with Gasteiger partial charge in [0.25, 0.3) is 0 Å². The molecule has 0 aliphatic heterocycles. The van der Waals surface area contributed by atoms with Crippen LogP contribution in [0.3, 0.4) is 0 Å². The highest BCUT2D eigenvalue weighted by Crippen LogP contribution is 2.14. The number of amides is 2. The van der Waals surface area contributed by atoms with Crippen molar-refractivity contribution in [2.75, 3.05) is 6.54 Å². The Bertz CT molecular complexity index is 466. The van der Waals surface area contributed by atoms with E-state index in [1.807, 2.05) is 25.1 Å². The van der Waals surface area contributed by atoms with Gasteiger partial charge in [0.1, 0.15) is 11.6 Å². The summed E-state index contributed by atoms with van der Waals surface area (Å²) in [5.74, 6) is -0.242. The summed E-state index contributed by atoms with van der Waals surface area (Å²) in [7, 11) is 0. The monoisotopic (exact) mass is 292 g/mol. The molecule has 1 rings (SSSR count). The maximum Gasteiger partial charge on any atom is 0.408 e. The van der Waals surface area contributed by atoms with Crippen molar-refractivity contribution in [3.63, 3.8) is 0 Å². The lowest BCUT2D eigenvalue weighted by atomic mass is 10.1. The van der Waals surface area contributed by atoms with Crippen LogP contribution in [0.5, 0.6) is 0 Å². The average Bonchev–Trinajstić information content (AvgIpc) is 2.41. The Hall–Kier alpha value is -2.04. The van der Waals surface area contributed by atoms with E-state index < -0.39 is 17.7 Å². The van der Waals surface area contributed by atoms with Gasteiger partial charge in [-0.3, -0.25) is 4.79 Å². The van der Waals surface area contributed by atoms with E-state index >= 15 is 0 Å². The number of carbonyl (C=O) groups is 2. The molecular formula is C16H24N2O3. The summed E-state index contributed by atoms with van der Waals surface area (Å²) in [6.07, 6.45) is 0.225. The summed E-state index contributed by atoms with van der Waals surface area (Å²) in [6.45, 7) is 7.88. The molecule has 1 atom stereocenters. The van der Waals surface area contributed by atoms with Crippen molar-refractivity contribution in [3.8, 4) is 0 Å². The largest absolute Gasteiger partial charge is 0.444 e. The predicted octanol–water partition coefficient (Wildman–Crippen LogP) is 2.78. The highest BCUT2D eigenvalue weighted by atomic mass is 16.6. The fraction of sp³-hybridized carbons (Fsp3) is 0.500. The van der Waals surface area contributed by atoms with Gasteiger partial charge in [-0.15, -0.1) is 0 Å². The van der Waals surface area contributed by atoms with E-state index in [2.05, 4.69) is 10.6 Å². The molecule has 116 valence electrons. The topological polar surface area (TPSA) is 67.4 Å². The van der Waals surface area contributed by atoms with Crippen LogP contribution in [0.1, 0.15) is 45.7 Å². The summed E-state index contributed by atoms with van der Waals surface area (Å²) in [5.41, 5.74) is 0.113. The van der Waals surface area contributed by atoms with E-state index in [4.69, 9.17) is 4.74 Å². The van der Waals surface area contributed by atoms with E-state index in [9.17, 15) is 9.59 Å². The average molecular weight is 292 g/mol. The number of nitrogens with one attached hydrogen (secondary N) is 2. The molecule has 0 heterocycles. The van der Waals surface area contributed by atoms with Crippen molar-refractivity contribution in [2.45, 2.75) is 45.8 Å². The number of carbonyl (C=O) groups excluding carboxylic acids is 2. The Kier molecular flexibility index (Phi) is 6.21. The number of ether oxygens (including phenoxy) is 1. The van der Waals surface area contributed by atoms with Gasteiger partial charge in [0.15, 0.2) is 0 Å². The maximum atomic E-state index is 12.2. The molecule has 1 aromatic carbocycles. The molecule has 5 heteroatoms.